The van der Waals surface area contributed by atoms with Crippen LogP contribution in [-0.4, -0.2) is 5.91 Å². The fourth-order valence-corrected chi connectivity index (χ4v) is 2.26. The molecule has 1 atom stereocenters. The zero-order chi connectivity index (χ0) is 10.1. The Bertz CT molecular complexity index is 380. The molecule has 2 nitrogen and oxygen atoms in total. The van der Waals surface area contributed by atoms with Crippen molar-refractivity contribution in [1.82, 2.24) is 5.32 Å². The van der Waals surface area contributed by atoms with Crippen molar-refractivity contribution in [2.75, 3.05) is 0 Å². The van der Waals surface area contributed by atoms with Crippen LogP contribution < -0.4 is 5.32 Å². The Labute approximate surface area is 95.8 Å². The highest BCUT2D eigenvalue weighted by atomic mass is 79.9. The molecule has 74 valence electrons. The van der Waals surface area contributed by atoms with Gasteiger partial charge in [-0.25, -0.2) is 0 Å². The summed E-state index contributed by atoms with van der Waals surface area (Å²) < 4.78 is 0.984. The van der Waals surface area contributed by atoms with Gasteiger partial charge >= 0.3 is 0 Å². The molecule has 1 amide bonds. The maximum atomic E-state index is 11.1. The van der Waals surface area contributed by atoms with Crippen LogP contribution in [0.4, 0.5) is 0 Å². The van der Waals surface area contributed by atoms with Crippen LogP contribution in [0, 0.1) is 0 Å². The second kappa shape index (κ2) is 3.91. The summed E-state index contributed by atoms with van der Waals surface area (Å²) in [6.07, 6.45) is 1.42. The van der Waals surface area contributed by atoms with Crippen molar-refractivity contribution in [2.24, 2.45) is 0 Å². The molecule has 0 radical (unpaired) electrons. The lowest BCUT2D eigenvalue weighted by molar-refractivity contribution is -0.119. The highest BCUT2D eigenvalue weighted by Gasteiger charge is 2.23. The van der Waals surface area contributed by atoms with Crippen molar-refractivity contribution in [3.63, 3.8) is 0 Å². The van der Waals surface area contributed by atoms with Gasteiger partial charge in [-0.3, -0.25) is 4.79 Å². The normalized spacial score (nSPS) is 21.0. The molecule has 0 bridgehead atoms. The van der Waals surface area contributed by atoms with Crippen LogP contribution in [0.25, 0.3) is 0 Å². The number of hydrogen-bond acceptors (Lipinski definition) is 1. The molecular weight excluding hydrogens is 265 g/mol. The zero-order valence-electron chi connectivity index (χ0n) is 7.39. The van der Waals surface area contributed by atoms with Crippen LogP contribution in [-0.2, 0) is 4.79 Å². The summed E-state index contributed by atoms with van der Waals surface area (Å²) in [5.41, 5.74) is 0.992. The van der Waals surface area contributed by atoms with E-state index in [1.807, 2.05) is 18.2 Å². The lowest BCUT2D eigenvalue weighted by Crippen LogP contribution is -2.18. The summed E-state index contributed by atoms with van der Waals surface area (Å²) in [6.45, 7) is 0. The molecule has 1 aliphatic rings. The van der Waals surface area contributed by atoms with Gasteiger partial charge < -0.3 is 5.32 Å². The molecule has 4 heteroatoms. The van der Waals surface area contributed by atoms with Crippen LogP contribution >= 0.6 is 27.5 Å². The average molecular weight is 275 g/mol. The third-order valence-electron chi connectivity index (χ3n) is 2.33. The van der Waals surface area contributed by atoms with Gasteiger partial charge in [0.2, 0.25) is 5.91 Å². The number of benzene rings is 1. The number of hydrogen-bond donors (Lipinski definition) is 1. The number of carbonyl (C=O) groups is 1. The molecular formula is C10H9BrClNO. The Morgan fingerprint density at radius 1 is 1.50 bits per heavy atom. The van der Waals surface area contributed by atoms with Crippen molar-refractivity contribution in [2.45, 2.75) is 18.9 Å². The van der Waals surface area contributed by atoms with Gasteiger partial charge in [0.05, 0.1) is 6.04 Å². The molecule has 2 rings (SSSR count). The van der Waals surface area contributed by atoms with Crippen molar-refractivity contribution in [1.29, 1.82) is 0 Å². The number of nitrogens with one attached hydrogen (secondary N) is 1. The largest absolute Gasteiger partial charge is 0.349 e. The van der Waals surface area contributed by atoms with E-state index in [0.29, 0.717) is 11.4 Å². The van der Waals surface area contributed by atoms with Crippen LogP contribution in [0.1, 0.15) is 24.4 Å². The van der Waals surface area contributed by atoms with E-state index in [4.69, 9.17) is 11.6 Å². The van der Waals surface area contributed by atoms with E-state index < -0.39 is 0 Å². The fourth-order valence-electron chi connectivity index (χ4n) is 1.63. The van der Waals surface area contributed by atoms with Gasteiger partial charge in [0, 0.05) is 15.9 Å². The van der Waals surface area contributed by atoms with Gasteiger partial charge in [0.15, 0.2) is 0 Å². The van der Waals surface area contributed by atoms with Crippen molar-refractivity contribution in [3.05, 3.63) is 33.3 Å². The standard InChI is InChI=1S/C10H9BrClNO/c11-6-1-2-8(12)7(5-6)9-3-4-10(14)13-9/h1-2,5,9H,3-4H2,(H,13,14). The van der Waals surface area contributed by atoms with E-state index >= 15 is 0 Å². The van der Waals surface area contributed by atoms with Gasteiger partial charge in [-0.05, 0) is 30.2 Å². The Hall–Kier alpha value is -0.540. The first kappa shape index (κ1) is 9.99. The first-order valence-corrected chi connectivity index (χ1v) is 5.58. The summed E-state index contributed by atoms with van der Waals surface area (Å²) in [5.74, 6) is 0.103. The fraction of sp³-hybridized carbons (Fsp3) is 0.300. The van der Waals surface area contributed by atoms with Crippen LogP contribution in [0.15, 0.2) is 22.7 Å². The molecule has 1 aromatic carbocycles. The van der Waals surface area contributed by atoms with E-state index in [1.165, 1.54) is 0 Å². The summed E-state index contributed by atoms with van der Waals surface area (Å²) in [7, 11) is 0. The summed E-state index contributed by atoms with van der Waals surface area (Å²) in [6, 6.07) is 5.76. The van der Waals surface area contributed by atoms with Crippen LogP contribution in [0.2, 0.25) is 5.02 Å². The predicted molar refractivity (Wildman–Crippen MR) is 59.3 cm³/mol. The lowest BCUT2D eigenvalue weighted by Gasteiger charge is -2.12. The second-order valence-corrected chi connectivity index (χ2v) is 4.65. The van der Waals surface area contributed by atoms with E-state index in [2.05, 4.69) is 21.2 Å². The van der Waals surface area contributed by atoms with Crippen LogP contribution in [0.5, 0.6) is 0 Å². The Morgan fingerprint density at radius 2 is 2.29 bits per heavy atom. The van der Waals surface area contributed by atoms with E-state index in [1.54, 1.807) is 0 Å². The number of amides is 1. The molecule has 1 saturated heterocycles. The molecule has 0 aromatic heterocycles. The Kier molecular flexibility index (Phi) is 2.79. The van der Waals surface area contributed by atoms with Gasteiger partial charge in [-0.2, -0.15) is 0 Å². The van der Waals surface area contributed by atoms with E-state index in [0.717, 1.165) is 16.5 Å². The Morgan fingerprint density at radius 3 is 2.93 bits per heavy atom. The highest BCUT2D eigenvalue weighted by Crippen LogP contribution is 2.31. The summed E-state index contributed by atoms with van der Waals surface area (Å²) in [5, 5.41) is 3.60. The number of halogens is 2. The summed E-state index contributed by atoms with van der Waals surface area (Å²) in [4.78, 5) is 11.1. The number of carbonyl (C=O) groups excluding carboxylic acids is 1. The van der Waals surface area contributed by atoms with E-state index in [9.17, 15) is 4.79 Å². The maximum absolute atomic E-state index is 11.1. The molecule has 1 aromatic rings. The third kappa shape index (κ3) is 1.93. The van der Waals surface area contributed by atoms with Crippen LogP contribution in [0.3, 0.4) is 0 Å². The quantitative estimate of drug-likeness (QED) is 0.838. The zero-order valence-corrected chi connectivity index (χ0v) is 9.73. The molecule has 1 heterocycles. The minimum absolute atomic E-state index is 0.0764. The van der Waals surface area contributed by atoms with Gasteiger partial charge in [-0.15, -0.1) is 0 Å². The smallest absolute Gasteiger partial charge is 0.220 e. The number of rotatable bonds is 1. The molecule has 0 aliphatic carbocycles. The van der Waals surface area contributed by atoms with Gasteiger partial charge in [-0.1, -0.05) is 27.5 Å². The molecule has 1 aliphatic heterocycles. The Balaban J connectivity index is 2.31. The topological polar surface area (TPSA) is 29.1 Å². The third-order valence-corrected chi connectivity index (χ3v) is 3.17. The lowest BCUT2D eigenvalue weighted by atomic mass is 10.1. The SMILES string of the molecule is O=C1CCC(c2cc(Br)ccc2Cl)N1. The van der Waals surface area contributed by atoms with Crippen molar-refractivity contribution >= 4 is 33.4 Å². The molecule has 0 saturated carbocycles. The molecule has 0 spiro atoms. The van der Waals surface area contributed by atoms with Gasteiger partial charge in [0.1, 0.15) is 0 Å². The van der Waals surface area contributed by atoms with Gasteiger partial charge in [0.25, 0.3) is 0 Å². The maximum Gasteiger partial charge on any atom is 0.220 e. The summed E-state index contributed by atoms with van der Waals surface area (Å²) >= 11 is 9.44. The molecule has 1 N–H and O–H groups in total. The molecule has 1 unspecified atom stereocenters. The monoisotopic (exact) mass is 273 g/mol. The second-order valence-electron chi connectivity index (χ2n) is 3.32. The van der Waals surface area contributed by atoms with Crippen molar-refractivity contribution < 1.29 is 4.79 Å². The van der Waals surface area contributed by atoms with E-state index in [-0.39, 0.29) is 11.9 Å². The minimum Gasteiger partial charge on any atom is -0.349 e. The minimum atomic E-state index is 0.0764. The highest BCUT2D eigenvalue weighted by molar-refractivity contribution is 9.10. The first-order valence-electron chi connectivity index (χ1n) is 4.41. The van der Waals surface area contributed by atoms with Crippen molar-refractivity contribution in [3.8, 4) is 0 Å². The molecule has 14 heavy (non-hydrogen) atoms. The first-order chi connectivity index (χ1) is 6.66. The molecule has 1 fully saturated rings. The predicted octanol–water partition coefficient (Wildman–Crippen LogP) is 3.05. The average Bonchev–Trinajstić information content (AvgIpc) is 2.56.